The minimum Gasteiger partial charge on any atom is -0.382 e. The van der Waals surface area contributed by atoms with E-state index < -0.39 is 0 Å². The predicted octanol–water partition coefficient (Wildman–Crippen LogP) is 2.84. The lowest BCUT2D eigenvalue weighted by atomic mass is 10.1. The van der Waals surface area contributed by atoms with Crippen LogP contribution in [0.1, 0.15) is 11.1 Å². The van der Waals surface area contributed by atoms with Gasteiger partial charge >= 0.3 is 0 Å². The third-order valence-corrected chi connectivity index (χ3v) is 3.36. The molecule has 0 aliphatic rings. The van der Waals surface area contributed by atoms with Gasteiger partial charge in [0.15, 0.2) is 5.82 Å². The number of nitriles is 1. The van der Waals surface area contributed by atoms with Gasteiger partial charge in [0.05, 0.1) is 17.3 Å². The standard InChI is InChI=1S/C16H12FN5/c1-10-7-12(5-6-14(10)17)15-16(19)22(21-20-15)13-4-2-3-11(8-13)9-18/h2-8H,19H2,1H3. The fourth-order valence-electron chi connectivity index (χ4n) is 2.18. The van der Waals surface area contributed by atoms with Crippen molar-refractivity contribution in [2.24, 2.45) is 0 Å². The number of nitrogens with zero attached hydrogens (tertiary/aromatic N) is 4. The van der Waals surface area contributed by atoms with Crippen molar-refractivity contribution in [1.82, 2.24) is 15.0 Å². The highest BCUT2D eigenvalue weighted by atomic mass is 19.1. The Morgan fingerprint density at radius 1 is 1.23 bits per heavy atom. The molecule has 2 aromatic carbocycles. The molecule has 0 aliphatic carbocycles. The van der Waals surface area contributed by atoms with E-state index in [1.165, 1.54) is 10.7 Å². The first-order valence-corrected chi connectivity index (χ1v) is 6.58. The lowest BCUT2D eigenvalue weighted by Gasteiger charge is -2.04. The molecule has 3 rings (SSSR count). The number of benzene rings is 2. The molecule has 0 saturated heterocycles. The molecule has 0 amide bonds. The summed E-state index contributed by atoms with van der Waals surface area (Å²) in [5.74, 6) is 0.0533. The second kappa shape index (κ2) is 5.30. The van der Waals surface area contributed by atoms with E-state index in [1.54, 1.807) is 43.3 Å². The summed E-state index contributed by atoms with van der Waals surface area (Å²) >= 11 is 0. The fourth-order valence-corrected chi connectivity index (χ4v) is 2.18. The number of nitrogen functional groups attached to an aromatic ring is 1. The zero-order chi connectivity index (χ0) is 15.7. The molecule has 0 atom stereocenters. The summed E-state index contributed by atoms with van der Waals surface area (Å²) in [5.41, 5.74) is 8.94. The molecule has 2 N–H and O–H groups in total. The maximum absolute atomic E-state index is 13.4. The van der Waals surface area contributed by atoms with Gasteiger partial charge in [-0.2, -0.15) is 9.94 Å². The molecule has 5 nitrogen and oxygen atoms in total. The van der Waals surface area contributed by atoms with E-state index in [1.807, 2.05) is 0 Å². The highest BCUT2D eigenvalue weighted by Crippen LogP contribution is 2.26. The highest BCUT2D eigenvalue weighted by molar-refractivity contribution is 5.71. The van der Waals surface area contributed by atoms with Gasteiger partial charge in [-0.15, -0.1) is 5.10 Å². The van der Waals surface area contributed by atoms with Crippen LogP contribution in [0.15, 0.2) is 42.5 Å². The average Bonchev–Trinajstić information content (AvgIpc) is 2.92. The van der Waals surface area contributed by atoms with Gasteiger partial charge in [0, 0.05) is 5.56 Å². The molecule has 0 fully saturated rings. The van der Waals surface area contributed by atoms with Gasteiger partial charge in [0.25, 0.3) is 0 Å². The smallest absolute Gasteiger partial charge is 0.155 e. The third kappa shape index (κ3) is 2.29. The van der Waals surface area contributed by atoms with E-state index in [-0.39, 0.29) is 5.82 Å². The van der Waals surface area contributed by atoms with E-state index in [2.05, 4.69) is 16.4 Å². The van der Waals surface area contributed by atoms with E-state index in [0.29, 0.717) is 33.9 Å². The fraction of sp³-hybridized carbons (Fsp3) is 0.0625. The Bertz CT molecular complexity index is 892. The van der Waals surface area contributed by atoms with Gasteiger partial charge in [0.1, 0.15) is 11.5 Å². The van der Waals surface area contributed by atoms with E-state index in [9.17, 15) is 4.39 Å². The summed E-state index contributed by atoms with van der Waals surface area (Å²) in [4.78, 5) is 0. The van der Waals surface area contributed by atoms with Crippen LogP contribution in [0.4, 0.5) is 10.2 Å². The van der Waals surface area contributed by atoms with Gasteiger partial charge in [-0.1, -0.05) is 11.3 Å². The van der Waals surface area contributed by atoms with Crippen molar-refractivity contribution in [1.29, 1.82) is 5.26 Å². The van der Waals surface area contributed by atoms with Crippen molar-refractivity contribution >= 4 is 5.82 Å². The monoisotopic (exact) mass is 293 g/mol. The number of anilines is 1. The highest BCUT2D eigenvalue weighted by Gasteiger charge is 2.14. The summed E-state index contributed by atoms with van der Waals surface area (Å²) in [7, 11) is 0. The molecule has 0 aliphatic heterocycles. The molecule has 3 aromatic rings. The lowest BCUT2D eigenvalue weighted by molar-refractivity contribution is 0.619. The Morgan fingerprint density at radius 3 is 2.77 bits per heavy atom. The summed E-state index contributed by atoms with van der Waals surface area (Å²) in [5, 5.41) is 17.1. The molecule has 1 heterocycles. The van der Waals surface area contributed by atoms with Crippen molar-refractivity contribution in [2.75, 3.05) is 5.73 Å². The van der Waals surface area contributed by atoms with Gasteiger partial charge in [-0.3, -0.25) is 0 Å². The Hall–Kier alpha value is -3.20. The third-order valence-electron chi connectivity index (χ3n) is 3.36. The van der Waals surface area contributed by atoms with Gasteiger partial charge in [0.2, 0.25) is 0 Å². The van der Waals surface area contributed by atoms with Crippen LogP contribution in [0.2, 0.25) is 0 Å². The number of nitrogens with two attached hydrogens (primary N) is 1. The summed E-state index contributed by atoms with van der Waals surface area (Å²) in [6.45, 7) is 1.68. The lowest BCUT2D eigenvalue weighted by Crippen LogP contribution is -2.02. The van der Waals surface area contributed by atoms with Crippen molar-refractivity contribution in [3.05, 3.63) is 59.4 Å². The molecule has 1 aromatic heterocycles. The number of aryl methyl sites for hydroxylation is 1. The van der Waals surface area contributed by atoms with Crippen molar-refractivity contribution in [2.45, 2.75) is 6.92 Å². The van der Waals surface area contributed by atoms with Crippen LogP contribution in [0.3, 0.4) is 0 Å². The normalized spacial score (nSPS) is 10.4. The molecule has 0 unspecified atom stereocenters. The zero-order valence-electron chi connectivity index (χ0n) is 11.8. The predicted molar refractivity (Wildman–Crippen MR) is 80.6 cm³/mol. The Balaban J connectivity index is 2.08. The second-order valence-electron chi connectivity index (χ2n) is 4.86. The molecule has 0 spiro atoms. The first kappa shape index (κ1) is 13.8. The second-order valence-corrected chi connectivity index (χ2v) is 4.86. The summed E-state index contributed by atoms with van der Waals surface area (Å²) in [6, 6.07) is 13.6. The first-order valence-electron chi connectivity index (χ1n) is 6.58. The summed E-state index contributed by atoms with van der Waals surface area (Å²) < 4.78 is 14.8. The van der Waals surface area contributed by atoms with E-state index in [4.69, 9.17) is 11.0 Å². The maximum atomic E-state index is 13.4. The van der Waals surface area contributed by atoms with Gasteiger partial charge < -0.3 is 5.73 Å². The number of hydrogen-bond donors (Lipinski definition) is 1. The van der Waals surface area contributed by atoms with Crippen LogP contribution in [-0.4, -0.2) is 15.0 Å². The van der Waals surface area contributed by atoms with Gasteiger partial charge in [-0.25, -0.2) is 4.39 Å². The SMILES string of the molecule is Cc1cc(-c2nnn(-c3cccc(C#N)c3)c2N)ccc1F. The van der Waals surface area contributed by atoms with Crippen LogP contribution in [0, 0.1) is 24.1 Å². The Kier molecular flexibility index (Phi) is 3.31. The van der Waals surface area contributed by atoms with E-state index >= 15 is 0 Å². The van der Waals surface area contributed by atoms with Crippen molar-refractivity contribution in [3.63, 3.8) is 0 Å². The topological polar surface area (TPSA) is 80.5 Å². The summed E-state index contributed by atoms with van der Waals surface area (Å²) in [6.07, 6.45) is 0. The van der Waals surface area contributed by atoms with Crippen LogP contribution < -0.4 is 5.73 Å². The largest absolute Gasteiger partial charge is 0.382 e. The molecule has 22 heavy (non-hydrogen) atoms. The van der Waals surface area contributed by atoms with Crippen LogP contribution in [0.25, 0.3) is 16.9 Å². The first-order chi connectivity index (χ1) is 10.6. The minimum atomic E-state index is -0.281. The van der Waals surface area contributed by atoms with Crippen LogP contribution >= 0.6 is 0 Å². The van der Waals surface area contributed by atoms with E-state index in [0.717, 1.165) is 0 Å². The molecule has 6 heteroatoms. The van der Waals surface area contributed by atoms with Crippen LogP contribution in [0.5, 0.6) is 0 Å². The number of halogens is 1. The molecule has 0 bridgehead atoms. The molecule has 0 radical (unpaired) electrons. The minimum absolute atomic E-state index is 0.281. The number of aromatic nitrogens is 3. The molecular formula is C16H12FN5. The quantitative estimate of drug-likeness (QED) is 0.787. The van der Waals surface area contributed by atoms with Gasteiger partial charge in [-0.05, 0) is 48.9 Å². The molecular weight excluding hydrogens is 281 g/mol. The Morgan fingerprint density at radius 2 is 2.05 bits per heavy atom. The number of hydrogen-bond acceptors (Lipinski definition) is 4. The van der Waals surface area contributed by atoms with Crippen molar-refractivity contribution in [3.8, 4) is 23.0 Å². The Labute approximate surface area is 126 Å². The number of rotatable bonds is 2. The zero-order valence-corrected chi connectivity index (χ0v) is 11.8. The maximum Gasteiger partial charge on any atom is 0.155 e. The molecule has 108 valence electrons. The molecule has 0 saturated carbocycles. The average molecular weight is 293 g/mol. The van der Waals surface area contributed by atoms with Crippen molar-refractivity contribution < 1.29 is 4.39 Å². The van der Waals surface area contributed by atoms with Crippen LogP contribution in [-0.2, 0) is 0 Å².